The maximum atomic E-state index is 13.1. The van der Waals surface area contributed by atoms with E-state index >= 15 is 0 Å². The standard InChI is InChI=1S/C29H27FN2O5S/c1-3-21-16-22(20(2)28(17-21)37-38(30,34)35)18-31-12-14-32(15-13-31)29(33)36-19-27-25-10-6-4-8-23(25)24-9-5-7-11-26(24)27/h1,4-11,16-17,27H,12-15,18-19H2,2H3. The molecule has 3 aromatic rings. The molecule has 1 fully saturated rings. The largest absolute Gasteiger partial charge is 0.488 e. The number of nitrogens with zero attached hydrogens (tertiary/aromatic N) is 2. The molecule has 5 rings (SSSR count). The van der Waals surface area contributed by atoms with Gasteiger partial charge in [-0.25, -0.2) is 4.79 Å². The third kappa shape index (κ3) is 5.37. The molecular formula is C29H27FN2O5S. The molecule has 0 unspecified atom stereocenters. The monoisotopic (exact) mass is 534 g/mol. The van der Waals surface area contributed by atoms with Crippen molar-refractivity contribution >= 4 is 16.6 Å². The number of piperazine rings is 1. The normalized spacial score (nSPS) is 15.4. The fraction of sp³-hybridized carbons (Fsp3) is 0.276. The molecule has 0 atom stereocenters. The Kier molecular flexibility index (Phi) is 7.11. The van der Waals surface area contributed by atoms with Crippen LogP contribution >= 0.6 is 0 Å². The smallest absolute Gasteiger partial charge is 0.448 e. The van der Waals surface area contributed by atoms with Gasteiger partial charge in [-0.1, -0.05) is 58.3 Å². The second-order valence-electron chi connectivity index (χ2n) is 9.45. The molecule has 7 nitrogen and oxygen atoms in total. The summed E-state index contributed by atoms with van der Waals surface area (Å²) >= 11 is 0. The number of fused-ring (bicyclic) bond motifs is 3. The van der Waals surface area contributed by atoms with E-state index in [0.717, 1.165) is 5.56 Å². The summed E-state index contributed by atoms with van der Waals surface area (Å²) < 4.78 is 45.4. The fourth-order valence-corrected chi connectivity index (χ4v) is 5.59. The lowest BCUT2D eigenvalue weighted by atomic mass is 9.98. The van der Waals surface area contributed by atoms with Crippen LogP contribution in [0.1, 0.15) is 33.7 Å². The van der Waals surface area contributed by atoms with Crippen LogP contribution in [-0.4, -0.2) is 57.1 Å². The zero-order chi connectivity index (χ0) is 26.9. The average molecular weight is 535 g/mol. The third-order valence-electron chi connectivity index (χ3n) is 7.18. The van der Waals surface area contributed by atoms with Crippen LogP contribution in [0.25, 0.3) is 11.1 Å². The first kappa shape index (κ1) is 25.8. The Balaban J connectivity index is 1.19. The van der Waals surface area contributed by atoms with Gasteiger partial charge in [-0.05, 0) is 52.4 Å². The first-order valence-electron chi connectivity index (χ1n) is 12.3. The zero-order valence-corrected chi connectivity index (χ0v) is 21.7. The SMILES string of the molecule is C#Cc1cc(CN2CCN(C(=O)OCC3c4ccccc4-c4ccccc43)CC2)c(C)c(OS(=O)(=O)F)c1. The Hall–Kier alpha value is -3.87. The van der Waals surface area contributed by atoms with Crippen molar-refractivity contribution < 1.29 is 26.0 Å². The number of benzene rings is 3. The molecule has 0 bridgehead atoms. The molecule has 1 aliphatic carbocycles. The van der Waals surface area contributed by atoms with Crippen molar-refractivity contribution in [2.45, 2.75) is 19.4 Å². The minimum atomic E-state index is -5.18. The molecule has 1 heterocycles. The van der Waals surface area contributed by atoms with Crippen LogP contribution in [0.15, 0.2) is 60.7 Å². The van der Waals surface area contributed by atoms with Crippen LogP contribution in [0, 0.1) is 19.3 Å². The zero-order valence-electron chi connectivity index (χ0n) is 20.9. The van der Waals surface area contributed by atoms with E-state index in [1.165, 1.54) is 28.3 Å². The highest BCUT2D eigenvalue weighted by Crippen LogP contribution is 2.44. The van der Waals surface area contributed by atoms with Gasteiger partial charge < -0.3 is 13.8 Å². The van der Waals surface area contributed by atoms with Gasteiger partial charge in [-0.15, -0.1) is 6.42 Å². The maximum Gasteiger partial charge on any atom is 0.488 e. The van der Waals surface area contributed by atoms with Gasteiger partial charge in [0.05, 0.1) is 0 Å². The van der Waals surface area contributed by atoms with Crippen molar-refractivity contribution in [1.29, 1.82) is 0 Å². The molecule has 0 spiro atoms. The number of ether oxygens (including phenoxy) is 1. The van der Waals surface area contributed by atoms with Crippen LogP contribution < -0.4 is 4.18 Å². The van der Waals surface area contributed by atoms with Gasteiger partial charge in [0.25, 0.3) is 0 Å². The first-order chi connectivity index (χ1) is 18.2. The Labute approximate surface area is 222 Å². The van der Waals surface area contributed by atoms with Gasteiger partial charge in [0, 0.05) is 44.2 Å². The molecule has 9 heteroatoms. The topological polar surface area (TPSA) is 76.2 Å². The van der Waals surface area contributed by atoms with Gasteiger partial charge in [0.15, 0.2) is 0 Å². The summed E-state index contributed by atoms with van der Waals surface area (Å²) in [5.41, 5.74) is 6.30. The molecule has 3 aromatic carbocycles. The number of halogens is 1. The quantitative estimate of drug-likeness (QED) is 0.339. The minimum Gasteiger partial charge on any atom is -0.448 e. The van der Waals surface area contributed by atoms with E-state index in [0.29, 0.717) is 43.9 Å². The van der Waals surface area contributed by atoms with E-state index in [9.17, 15) is 17.1 Å². The summed E-state index contributed by atoms with van der Waals surface area (Å²) in [6, 6.07) is 19.5. The fourth-order valence-electron chi connectivity index (χ4n) is 5.20. The van der Waals surface area contributed by atoms with Gasteiger partial charge in [-0.3, -0.25) is 4.90 Å². The van der Waals surface area contributed by atoms with E-state index in [1.54, 1.807) is 17.9 Å². The van der Waals surface area contributed by atoms with Crippen LogP contribution in [-0.2, 0) is 21.8 Å². The lowest BCUT2D eigenvalue weighted by Gasteiger charge is -2.34. The van der Waals surface area contributed by atoms with Crippen molar-refractivity contribution in [2.24, 2.45) is 0 Å². The van der Waals surface area contributed by atoms with Crippen LogP contribution in [0.4, 0.5) is 8.68 Å². The molecule has 1 saturated heterocycles. The van der Waals surface area contributed by atoms with Crippen LogP contribution in [0.5, 0.6) is 5.75 Å². The molecular weight excluding hydrogens is 507 g/mol. The lowest BCUT2D eigenvalue weighted by molar-refractivity contribution is 0.0728. The summed E-state index contributed by atoms with van der Waals surface area (Å²) in [5.74, 6) is 2.32. The van der Waals surface area contributed by atoms with Crippen molar-refractivity contribution in [3.05, 3.63) is 88.5 Å². The number of amides is 1. The molecule has 1 amide bonds. The number of carbonyl (C=O) groups excluding carboxylic acids is 1. The van der Waals surface area contributed by atoms with Crippen molar-refractivity contribution in [3.8, 4) is 29.2 Å². The van der Waals surface area contributed by atoms with Crippen molar-refractivity contribution in [3.63, 3.8) is 0 Å². The molecule has 0 radical (unpaired) electrons. The predicted octanol–water partition coefficient (Wildman–Crippen LogP) is 4.64. The maximum absolute atomic E-state index is 13.1. The highest BCUT2D eigenvalue weighted by atomic mass is 32.3. The minimum absolute atomic E-state index is 0.00333. The molecule has 0 saturated carbocycles. The average Bonchev–Trinajstić information content (AvgIpc) is 3.22. The summed E-state index contributed by atoms with van der Waals surface area (Å²) in [4.78, 5) is 16.7. The Morgan fingerprint density at radius 3 is 2.21 bits per heavy atom. The highest BCUT2D eigenvalue weighted by Gasteiger charge is 2.30. The van der Waals surface area contributed by atoms with Gasteiger partial charge in [0.2, 0.25) is 0 Å². The molecule has 38 heavy (non-hydrogen) atoms. The summed E-state index contributed by atoms with van der Waals surface area (Å²) in [7, 11) is -5.18. The first-order valence-corrected chi connectivity index (χ1v) is 13.6. The van der Waals surface area contributed by atoms with Crippen LogP contribution in [0.2, 0.25) is 0 Å². The number of carbonyl (C=O) groups is 1. The molecule has 196 valence electrons. The molecule has 2 aliphatic rings. The second-order valence-corrected chi connectivity index (χ2v) is 10.4. The van der Waals surface area contributed by atoms with Crippen molar-refractivity contribution in [1.82, 2.24) is 9.80 Å². The summed E-state index contributed by atoms with van der Waals surface area (Å²) in [5, 5.41) is 0. The number of terminal acetylenes is 1. The van der Waals surface area contributed by atoms with E-state index in [2.05, 4.69) is 39.3 Å². The summed E-state index contributed by atoms with van der Waals surface area (Å²) in [6.07, 6.45) is 5.15. The van der Waals surface area contributed by atoms with Gasteiger partial charge >= 0.3 is 16.6 Å². The summed E-state index contributed by atoms with van der Waals surface area (Å²) in [6.45, 7) is 4.50. The Bertz CT molecular complexity index is 1480. The van der Waals surface area contributed by atoms with Gasteiger partial charge in [-0.2, -0.15) is 8.42 Å². The number of hydrogen-bond acceptors (Lipinski definition) is 6. The lowest BCUT2D eigenvalue weighted by Crippen LogP contribution is -2.48. The van der Waals surface area contributed by atoms with E-state index < -0.39 is 10.5 Å². The Morgan fingerprint density at radius 2 is 1.63 bits per heavy atom. The number of hydrogen-bond donors (Lipinski definition) is 0. The van der Waals surface area contributed by atoms with E-state index in [1.807, 2.05) is 24.3 Å². The number of rotatable bonds is 6. The molecule has 1 aliphatic heterocycles. The third-order valence-corrected chi connectivity index (χ3v) is 7.56. The highest BCUT2D eigenvalue weighted by molar-refractivity contribution is 7.81. The molecule has 0 N–H and O–H groups in total. The van der Waals surface area contributed by atoms with Gasteiger partial charge in [0.1, 0.15) is 12.4 Å². The van der Waals surface area contributed by atoms with Crippen molar-refractivity contribution in [2.75, 3.05) is 32.8 Å². The predicted molar refractivity (Wildman–Crippen MR) is 142 cm³/mol. The van der Waals surface area contributed by atoms with E-state index in [-0.39, 0.29) is 24.4 Å². The Morgan fingerprint density at radius 1 is 1.03 bits per heavy atom. The van der Waals surface area contributed by atoms with E-state index in [4.69, 9.17) is 11.2 Å². The second kappa shape index (κ2) is 10.5. The molecule has 0 aromatic heterocycles. The van der Waals surface area contributed by atoms with Crippen LogP contribution in [0.3, 0.4) is 0 Å².